The van der Waals surface area contributed by atoms with Gasteiger partial charge in [0.05, 0.1) is 10.6 Å². The Morgan fingerprint density at radius 3 is 2.38 bits per heavy atom. The molecule has 0 saturated carbocycles. The van der Waals surface area contributed by atoms with E-state index in [1.807, 2.05) is 36.6 Å². The van der Waals surface area contributed by atoms with Gasteiger partial charge >= 0.3 is 0 Å². The van der Waals surface area contributed by atoms with Crippen molar-refractivity contribution >= 4 is 38.5 Å². The molecule has 0 aliphatic carbocycles. The van der Waals surface area contributed by atoms with Crippen LogP contribution in [0.25, 0.3) is 10.8 Å². The van der Waals surface area contributed by atoms with E-state index in [1.54, 1.807) is 17.0 Å². The molecule has 1 aliphatic rings. The quantitative estimate of drug-likeness (QED) is 0.833. The first-order valence-corrected chi connectivity index (χ1v) is 10.6. The highest BCUT2D eigenvalue weighted by atomic mass is 32.2. The fourth-order valence-corrected chi connectivity index (χ4v) is 4.76. The number of hydrogen-bond donors (Lipinski definition) is 0. The van der Waals surface area contributed by atoms with E-state index in [1.165, 1.54) is 16.1 Å². The fraction of sp³-hybridized carbons (Fsp3) is 0.353. The second kappa shape index (κ2) is 7.13. The molecule has 2 aromatic carbocycles. The van der Waals surface area contributed by atoms with Gasteiger partial charge in [0, 0.05) is 26.2 Å². The Balaban J connectivity index is 1.77. The van der Waals surface area contributed by atoms with Crippen molar-refractivity contribution in [1.82, 2.24) is 9.21 Å². The van der Waals surface area contributed by atoms with Crippen LogP contribution in [0.15, 0.2) is 47.4 Å². The Kier molecular flexibility index (Phi) is 5.12. The maximum absolute atomic E-state index is 12.9. The summed E-state index contributed by atoms with van der Waals surface area (Å²) < 4.78 is 27.2. The number of benzene rings is 2. The molecule has 0 spiro atoms. The molecule has 0 aromatic heterocycles. The Hall–Kier alpha value is -1.57. The number of fused-ring (bicyclic) bond motifs is 1. The van der Waals surface area contributed by atoms with Crippen LogP contribution in [0.4, 0.5) is 0 Å². The molecule has 3 rings (SSSR count). The fourth-order valence-electron chi connectivity index (χ4n) is 2.87. The van der Waals surface area contributed by atoms with Crippen LogP contribution in [-0.4, -0.2) is 61.7 Å². The highest BCUT2D eigenvalue weighted by Crippen LogP contribution is 2.22. The highest BCUT2D eigenvalue weighted by molar-refractivity contribution is 7.99. The number of thioether (sulfide) groups is 1. The molecule has 1 saturated heterocycles. The molecule has 24 heavy (non-hydrogen) atoms. The number of hydrogen-bond acceptors (Lipinski definition) is 4. The summed E-state index contributed by atoms with van der Waals surface area (Å²) in [5, 5.41) is 1.93. The van der Waals surface area contributed by atoms with E-state index in [0.717, 1.165) is 10.8 Å². The summed E-state index contributed by atoms with van der Waals surface area (Å²) >= 11 is 1.48. The molecule has 0 N–H and O–H groups in total. The van der Waals surface area contributed by atoms with Gasteiger partial charge in [-0.3, -0.25) is 4.79 Å². The number of rotatable bonds is 4. The number of carbonyl (C=O) groups is 1. The van der Waals surface area contributed by atoms with Crippen molar-refractivity contribution in [1.29, 1.82) is 0 Å². The largest absolute Gasteiger partial charge is 0.339 e. The molecular weight excluding hydrogens is 344 g/mol. The molecule has 1 amide bonds. The topological polar surface area (TPSA) is 57.7 Å². The van der Waals surface area contributed by atoms with Crippen molar-refractivity contribution in [3.63, 3.8) is 0 Å². The number of sulfonamides is 1. The van der Waals surface area contributed by atoms with E-state index < -0.39 is 10.0 Å². The molecule has 2 aromatic rings. The van der Waals surface area contributed by atoms with Gasteiger partial charge in [0.2, 0.25) is 15.9 Å². The van der Waals surface area contributed by atoms with Crippen LogP contribution in [0, 0.1) is 0 Å². The van der Waals surface area contributed by atoms with Gasteiger partial charge in [-0.05, 0) is 29.2 Å². The third kappa shape index (κ3) is 3.43. The minimum atomic E-state index is -3.52. The second-order valence-electron chi connectivity index (χ2n) is 5.73. The van der Waals surface area contributed by atoms with Gasteiger partial charge in [0.1, 0.15) is 0 Å². The van der Waals surface area contributed by atoms with E-state index in [9.17, 15) is 13.2 Å². The van der Waals surface area contributed by atoms with E-state index in [0.29, 0.717) is 36.8 Å². The number of amides is 1. The molecule has 1 heterocycles. The van der Waals surface area contributed by atoms with Crippen molar-refractivity contribution in [2.45, 2.75) is 4.90 Å². The van der Waals surface area contributed by atoms with Crippen LogP contribution in [-0.2, 0) is 14.8 Å². The molecule has 128 valence electrons. The predicted octanol–water partition coefficient (Wildman–Crippen LogP) is 2.04. The Morgan fingerprint density at radius 1 is 1.04 bits per heavy atom. The van der Waals surface area contributed by atoms with Crippen molar-refractivity contribution in [2.75, 3.05) is 38.2 Å². The highest BCUT2D eigenvalue weighted by Gasteiger charge is 2.29. The first-order valence-electron chi connectivity index (χ1n) is 7.78. The molecule has 5 nitrogen and oxygen atoms in total. The third-order valence-electron chi connectivity index (χ3n) is 4.22. The summed E-state index contributed by atoms with van der Waals surface area (Å²) in [7, 11) is -3.52. The van der Waals surface area contributed by atoms with Crippen LogP contribution in [0.1, 0.15) is 0 Å². The van der Waals surface area contributed by atoms with Crippen LogP contribution in [0.3, 0.4) is 0 Å². The lowest BCUT2D eigenvalue weighted by molar-refractivity contribution is -0.129. The molecule has 1 aliphatic heterocycles. The minimum Gasteiger partial charge on any atom is -0.339 e. The van der Waals surface area contributed by atoms with E-state index >= 15 is 0 Å². The van der Waals surface area contributed by atoms with Crippen molar-refractivity contribution in [2.24, 2.45) is 0 Å². The minimum absolute atomic E-state index is 0.0743. The predicted molar refractivity (Wildman–Crippen MR) is 97.7 cm³/mol. The lowest BCUT2D eigenvalue weighted by atomic mass is 10.1. The van der Waals surface area contributed by atoms with Crippen molar-refractivity contribution in [3.05, 3.63) is 42.5 Å². The van der Waals surface area contributed by atoms with E-state index in [-0.39, 0.29) is 5.91 Å². The van der Waals surface area contributed by atoms with Gasteiger partial charge < -0.3 is 4.90 Å². The molecule has 0 unspecified atom stereocenters. The Labute approximate surface area is 146 Å². The average molecular weight is 364 g/mol. The summed E-state index contributed by atoms with van der Waals surface area (Å²) in [6.07, 6.45) is 1.89. The second-order valence-corrected chi connectivity index (χ2v) is 8.53. The average Bonchev–Trinajstić information content (AvgIpc) is 2.61. The molecule has 0 radical (unpaired) electrons. The smallest absolute Gasteiger partial charge is 0.243 e. The zero-order chi connectivity index (χ0) is 17.2. The Bertz CT molecular complexity index is 844. The summed E-state index contributed by atoms with van der Waals surface area (Å²) in [5.74, 6) is 0.516. The monoisotopic (exact) mass is 364 g/mol. The van der Waals surface area contributed by atoms with E-state index in [2.05, 4.69) is 0 Å². The van der Waals surface area contributed by atoms with Crippen LogP contribution < -0.4 is 0 Å². The van der Waals surface area contributed by atoms with Gasteiger partial charge in [-0.25, -0.2) is 8.42 Å². The van der Waals surface area contributed by atoms with Crippen LogP contribution in [0.5, 0.6) is 0 Å². The molecule has 1 fully saturated rings. The summed E-state index contributed by atoms with van der Waals surface area (Å²) in [6.45, 7) is 1.59. The van der Waals surface area contributed by atoms with Gasteiger partial charge in [-0.15, -0.1) is 0 Å². The summed E-state index contributed by atoms with van der Waals surface area (Å²) in [6, 6.07) is 12.9. The lowest BCUT2D eigenvalue weighted by Gasteiger charge is -2.34. The van der Waals surface area contributed by atoms with Crippen molar-refractivity contribution in [3.8, 4) is 0 Å². The number of carbonyl (C=O) groups excluding carboxylic acids is 1. The van der Waals surface area contributed by atoms with Gasteiger partial charge in [-0.1, -0.05) is 30.3 Å². The number of nitrogens with zero attached hydrogens (tertiary/aromatic N) is 2. The first-order chi connectivity index (χ1) is 11.5. The van der Waals surface area contributed by atoms with E-state index in [4.69, 9.17) is 0 Å². The standard InChI is InChI=1S/C17H20N2O3S2/c1-23-13-17(20)18-8-10-19(11-9-18)24(21,22)16-7-6-14-4-2-3-5-15(14)12-16/h2-7,12H,8-11,13H2,1H3. The number of piperazine rings is 1. The van der Waals surface area contributed by atoms with Gasteiger partial charge in [0.25, 0.3) is 0 Å². The summed E-state index contributed by atoms with van der Waals surface area (Å²) in [4.78, 5) is 14.0. The third-order valence-corrected chi connectivity index (χ3v) is 6.65. The van der Waals surface area contributed by atoms with Gasteiger partial charge in [-0.2, -0.15) is 16.1 Å². The zero-order valence-corrected chi connectivity index (χ0v) is 15.1. The molecule has 0 atom stereocenters. The lowest BCUT2D eigenvalue weighted by Crippen LogP contribution is -2.50. The maximum Gasteiger partial charge on any atom is 0.243 e. The molecular formula is C17H20N2O3S2. The maximum atomic E-state index is 12.9. The normalized spacial score (nSPS) is 16.5. The SMILES string of the molecule is CSCC(=O)N1CCN(S(=O)(=O)c2ccc3ccccc3c2)CC1. The summed E-state index contributed by atoms with van der Waals surface area (Å²) in [5.41, 5.74) is 0. The molecule has 0 bridgehead atoms. The first kappa shape index (κ1) is 17.3. The van der Waals surface area contributed by atoms with Crippen LogP contribution >= 0.6 is 11.8 Å². The zero-order valence-electron chi connectivity index (χ0n) is 13.5. The Morgan fingerprint density at radius 2 is 1.71 bits per heavy atom. The van der Waals surface area contributed by atoms with Crippen LogP contribution in [0.2, 0.25) is 0 Å². The van der Waals surface area contributed by atoms with Crippen molar-refractivity contribution < 1.29 is 13.2 Å². The van der Waals surface area contributed by atoms with Gasteiger partial charge in [0.15, 0.2) is 0 Å². The molecule has 7 heteroatoms.